The van der Waals surface area contributed by atoms with Crippen LogP contribution in [0.5, 0.6) is 5.75 Å². The maximum absolute atomic E-state index is 9.18. The highest BCUT2D eigenvalue weighted by Crippen LogP contribution is 2.23. The van der Waals surface area contributed by atoms with Crippen LogP contribution >= 0.6 is 15.9 Å². The molecule has 0 aliphatic carbocycles. The van der Waals surface area contributed by atoms with Crippen LogP contribution in [0, 0.1) is 6.92 Å². The molecule has 0 heterocycles. The van der Waals surface area contributed by atoms with E-state index in [1.54, 1.807) is 13.0 Å². The molecule has 0 saturated carbocycles. The van der Waals surface area contributed by atoms with Crippen LogP contribution in [-0.4, -0.2) is 18.2 Å². The average Bonchev–Trinajstić information content (AvgIpc) is 2.29. The van der Waals surface area contributed by atoms with Gasteiger partial charge in [-0.2, -0.15) is 0 Å². The summed E-state index contributed by atoms with van der Waals surface area (Å²) >= 11 is 3.20. The van der Waals surface area contributed by atoms with Gasteiger partial charge in [0.25, 0.3) is 6.47 Å². The second-order valence-corrected chi connectivity index (χ2v) is 3.36. The Balaban J connectivity index is 0. The molecule has 0 unspecified atom stereocenters. The molecule has 0 spiro atoms. The third kappa shape index (κ3) is 9.52. The van der Waals surface area contributed by atoms with Crippen LogP contribution in [0.4, 0.5) is 0 Å². The molecule has 0 saturated heterocycles. The summed E-state index contributed by atoms with van der Waals surface area (Å²) in [6.07, 6.45) is 0. The molecule has 3 nitrogen and oxygen atoms in total. The van der Waals surface area contributed by atoms with Gasteiger partial charge in [0, 0.05) is 0 Å². The molecule has 92 valence electrons. The van der Waals surface area contributed by atoms with Gasteiger partial charge in [0.1, 0.15) is 5.75 Å². The van der Waals surface area contributed by atoms with Gasteiger partial charge in [-0.3, -0.25) is 4.79 Å². The third-order valence-electron chi connectivity index (χ3n) is 1.34. The number of halogens is 1. The van der Waals surface area contributed by atoms with E-state index < -0.39 is 0 Å². The Bertz CT molecular complexity index is 288. The van der Waals surface area contributed by atoms with Gasteiger partial charge in [-0.15, -0.1) is 0 Å². The molecule has 4 heteroatoms. The van der Waals surface area contributed by atoms with Crippen molar-refractivity contribution < 1.29 is 14.6 Å². The second-order valence-electron chi connectivity index (χ2n) is 2.51. The van der Waals surface area contributed by atoms with E-state index >= 15 is 0 Å². The fourth-order valence-electron chi connectivity index (χ4n) is 0.680. The summed E-state index contributed by atoms with van der Waals surface area (Å²) in [6.45, 7) is 8.64. The largest absolute Gasteiger partial charge is 0.507 e. The first-order chi connectivity index (χ1) is 7.61. The molecule has 0 aliphatic heterocycles. The summed E-state index contributed by atoms with van der Waals surface area (Å²) in [7, 11) is 0. The molecule has 1 N–H and O–H groups in total. The van der Waals surface area contributed by atoms with E-state index in [9.17, 15) is 4.79 Å². The second kappa shape index (κ2) is 12.0. The predicted octanol–water partition coefficient (Wildman–Crippen LogP) is 3.67. The minimum atomic E-state index is 0.292. The lowest BCUT2D eigenvalue weighted by atomic mass is 10.2. The van der Waals surface area contributed by atoms with Gasteiger partial charge in [-0.25, -0.2) is 0 Å². The molecule has 0 aliphatic rings. The van der Waals surface area contributed by atoms with Crippen molar-refractivity contribution in [3.05, 3.63) is 28.2 Å². The number of aromatic hydroxyl groups is 1. The lowest BCUT2D eigenvalue weighted by Gasteiger charge is -1.95. The fourth-order valence-corrected chi connectivity index (χ4v) is 1.17. The smallest absolute Gasteiger partial charge is 0.293 e. The number of aryl methyl sites for hydroxylation is 1. The van der Waals surface area contributed by atoms with Crippen molar-refractivity contribution in [2.45, 2.75) is 27.7 Å². The van der Waals surface area contributed by atoms with Crippen molar-refractivity contribution in [1.82, 2.24) is 0 Å². The maximum Gasteiger partial charge on any atom is 0.293 e. The molecule has 1 aromatic rings. The van der Waals surface area contributed by atoms with Gasteiger partial charge in [-0.05, 0) is 47.5 Å². The zero-order valence-electron chi connectivity index (χ0n) is 10.2. The molecule has 0 atom stereocenters. The van der Waals surface area contributed by atoms with Gasteiger partial charge in [-0.1, -0.05) is 19.9 Å². The highest BCUT2D eigenvalue weighted by atomic mass is 79.9. The summed E-state index contributed by atoms with van der Waals surface area (Å²) in [5.74, 6) is 0.292. The van der Waals surface area contributed by atoms with Crippen LogP contribution in [0.1, 0.15) is 26.3 Å². The average molecular weight is 291 g/mol. The molecule has 0 amide bonds. The van der Waals surface area contributed by atoms with E-state index in [4.69, 9.17) is 5.11 Å². The van der Waals surface area contributed by atoms with E-state index in [1.807, 2.05) is 32.9 Å². The molecular weight excluding hydrogens is 272 g/mol. The van der Waals surface area contributed by atoms with Gasteiger partial charge in [0.05, 0.1) is 11.1 Å². The zero-order valence-corrected chi connectivity index (χ0v) is 11.7. The van der Waals surface area contributed by atoms with Crippen molar-refractivity contribution in [3.8, 4) is 5.75 Å². The van der Waals surface area contributed by atoms with E-state index in [1.165, 1.54) is 0 Å². The normalized spacial score (nSPS) is 7.81. The SMILES string of the molecule is CC.CCOC=O.Cc1ccc(O)c(Br)c1. The van der Waals surface area contributed by atoms with E-state index in [0.717, 1.165) is 10.0 Å². The number of phenolic OH excluding ortho intramolecular Hbond substituents is 1. The van der Waals surface area contributed by atoms with Crippen molar-refractivity contribution in [2.24, 2.45) is 0 Å². The predicted molar refractivity (Wildman–Crippen MR) is 69.6 cm³/mol. The Morgan fingerprint density at radius 1 is 1.44 bits per heavy atom. The van der Waals surface area contributed by atoms with E-state index in [-0.39, 0.29) is 0 Å². The first-order valence-electron chi connectivity index (χ1n) is 5.12. The Morgan fingerprint density at radius 3 is 2.25 bits per heavy atom. The molecule has 1 rings (SSSR count). The monoisotopic (exact) mass is 290 g/mol. The van der Waals surface area contributed by atoms with Crippen molar-refractivity contribution in [1.29, 1.82) is 0 Å². The number of benzene rings is 1. The number of hydrogen-bond donors (Lipinski definition) is 1. The topological polar surface area (TPSA) is 46.5 Å². The van der Waals surface area contributed by atoms with E-state index in [0.29, 0.717) is 18.8 Å². The van der Waals surface area contributed by atoms with Gasteiger partial charge in [0.2, 0.25) is 0 Å². The Kier molecular flexibility index (Phi) is 13.1. The Labute approximate surface area is 106 Å². The fraction of sp³-hybridized carbons (Fsp3) is 0.417. The molecule has 16 heavy (non-hydrogen) atoms. The number of hydrogen-bond acceptors (Lipinski definition) is 3. The lowest BCUT2D eigenvalue weighted by molar-refractivity contribution is -0.128. The van der Waals surface area contributed by atoms with Gasteiger partial charge < -0.3 is 9.84 Å². The Hall–Kier alpha value is -1.03. The first-order valence-corrected chi connectivity index (χ1v) is 5.91. The number of carbonyl (C=O) groups is 1. The van der Waals surface area contributed by atoms with Crippen LogP contribution in [0.3, 0.4) is 0 Å². The van der Waals surface area contributed by atoms with Crippen molar-refractivity contribution >= 4 is 22.4 Å². The molecule has 0 aromatic heterocycles. The quantitative estimate of drug-likeness (QED) is 0.846. The third-order valence-corrected chi connectivity index (χ3v) is 1.97. The van der Waals surface area contributed by atoms with Gasteiger partial charge in [0.15, 0.2) is 0 Å². The highest BCUT2D eigenvalue weighted by Gasteiger charge is 1.93. The van der Waals surface area contributed by atoms with Crippen LogP contribution < -0.4 is 0 Å². The minimum Gasteiger partial charge on any atom is -0.507 e. The van der Waals surface area contributed by atoms with Crippen LogP contribution in [0.2, 0.25) is 0 Å². The summed E-state index contributed by atoms with van der Waals surface area (Å²) in [5, 5.41) is 9.00. The summed E-state index contributed by atoms with van der Waals surface area (Å²) in [4.78, 5) is 9.18. The molecule has 0 bridgehead atoms. The first kappa shape index (κ1) is 17.4. The van der Waals surface area contributed by atoms with E-state index in [2.05, 4.69) is 20.7 Å². The molecular formula is C12H19BrO3. The van der Waals surface area contributed by atoms with Crippen LogP contribution in [-0.2, 0) is 9.53 Å². The molecule has 0 fully saturated rings. The zero-order chi connectivity index (χ0) is 13.0. The van der Waals surface area contributed by atoms with Crippen LogP contribution in [0.25, 0.3) is 0 Å². The number of phenols is 1. The highest BCUT2D eigenvalue weighted by molar-refractivity contribution is 9.10. The molecule has 0 radical (unpaired) electrons. The number of ether oxygens (including phenoxy) is 1. The van der Waals surface area contributed by atoms with Crippen molar-refractivity contribution in [2.75, 3.05) is 6.61 Å². The number of rotatable bonds is 2. The maximum atomic E-state index is 9.18. The van der Waals surface area contributed by atoms with Crippen LogP contribution in [0.15, 0.2) is 22.7 Å². The number of carbonyl (C=O) groups excluding carboxylic acids is 1. The van der Waals surface area contributed by atoms with Crippen molar-refractivity contribution in [3.63, 3.8) is 0 Å². The lowest BCUT2D eigenvalue weighted by Crippen LogP contribution is -1.80. The Morgan fingerprint density at radius 2 is 2.00 bits per heavy atom. The summed E-state index contributed by atoms with van der Waals surface area (Å²) in [6, 6.07) is 5.40. The minimum absolute atomic E-state index is 0.292. The summed E-state index contributed by atoms with van der Waals surface area (Å²) in [5.41, 5.74) is 1.14. The standard InChI is InChI=1S/C7H7BrO.C3H6O2.C2H6/c1-5-2-3-7(9)6(8)4-5;1-2-5-3-4;1-2/h2-4,9H,1H3;3H,2H2,1H3;1-2H3. The molecule has 1 aromatic carbocycles. The van der Waals surface area contributed by atoms with Gasteiger partial charge >= 0.3 is 0 Å². The summed E-state index contributed by atoms with van der Waals surface area (Å²) < 4.78 is 4.91.